The minimum absolute atomic E-state index is 0.167. The summed E-state index contributed by atoms with van der Waals surface area (Å²) in [4.78, 5) is 14.7. The van der Waals surface area contributed by atoms with Gasteiger partial charge in [-0.05, 0) is 42.7 Å². The van der Waals surface area contributed by atoms with Gasteiger partial charge in [0.05, 0.1) is 6.54 Å². The first kappa shape index (κ1) is 17.5. The molecule has 1 fully saturated rings. The van der Waals surface area contributed by atoms with Crippen LogP contribution < -0.4 is 0 Å². The average Bonchev–Trinajstić information content (AvgIpc) is 3.28. The number of carbonyl (C=O) groups is 1. The minimum atomic E-state index is -0.226. The second-order valence-corrected chi connectivity index (χ2v) is 6.74. The third-order valence-electron chi connectivity index (χ3n) is 4.91. The van der Waals surface area contributed by atoms with Gasteiger partial charge < -0.3 is 9.47 Å². The zero-order valence-electron chi connectivity index (χ0n) is 14.5. The van der Waals surface area contributed by atoms with E-state index in [1.54, 1.807) is 18.2 Å². The molecule has 0 aliphatic heterocycles. The molecule has 2 aromatic rings. The van der Waals surface area contributed by atoms with Crippen molar-refractivity contribution in [2.24, 2.45) is 5.92 Å². The first-order valence-corrected chi connectivity index (χ1v) is 8.95. The molecule has 1 saturated carbocycles. The van der Waals surface area contributed by atoms with Crippen molar-refractivity contribution in [3.63, 3.8) is 0 Å². The van der Waals surface area contributed by atoms with Gasteiger partial charge >= 0.3 is 0 Å². The van der Waals surface area contributed by atoms with Gasteiger partial charge in [0.25, 0.3) is 0 Å². The van der Waals surface area contributed by atoms with Crippen molar-refractivity contribution in [3.8, 4) is 0 Å². The van der Waals surface area contributed by atoms with E-state index in [9.17, 15) is 9.18 Å². The first-order chi connectivity index (χ1) is 12.2. The number of carbonyl (C=O) groups excluding carboxylic acids is 1. The number of nitrogens with zero attached hydrogens (tertiary/aromatic N) is 2. The first-order valence-electron chi connectivity index (χ1n) is 8.95. The van der Waals surface area contributed by atoms with Crippen LogP contribution in [0.1, 0.15) is 36.9 Å². The number of benzene rings is 1. The predicted molar refractivity (Wildman–Crippen MR) is 97.5 cm³/mol. The zero-order chi connectivity index (χ0) is 17.6. The molecule has 3 nitrogen and oxygen atoms in total. The summed E-state index contributed by atoms with van der Waals surface area (Å²) in [7, 11) is 0. The summed E-state index contributed by atoms with van der Waals surface area (Å²) < 4.78 is 15.2. The lowest BCUT2D eigenvalue weighted by Gasteiger charge is -2.25. The van der Waals surface area contributed by atoms with Crippen molar-refractivity contribution >= 4 is 5.91 Å². The number of aromatic nitrogens is 1. The minimum Gasteiger partial charge on any atom is -0.345 e. The van der Waals surface area contributed by atoms with Crippen molar-refractivity contribution in [2.75, 3.05) is 6.54 Å². The van der Waals surface area contributed by atoms with Crippen LogP contribution in [0.2, 0.25) is 0 Å². The fraction of sp³-hybridized carbons (Fsp3) is 0.381. The number of rotatable bonds is 7. The van der Waals surface area contributed by atoms with E-state index >= 15 is 0 Å². The summed E-state index contributed by atoms with van der Waals surface area (Å²) in [6.07, 6.45) is 8.11. The molecule has 0 bridgehead atoms. The van der Waals surface area contributed by atoms with E-state index in [0.29, 0.717) is 19.6 Å². The van der Waals surface area contributed by atoms with E-state index in [-0.39, 0.29) is 17.6 Å². The molecule has 1 aromatic heterocycles. The Morgan fingerprint density at radius 3 is 2.64 bits per heavy atom. The number of halogens is 1. The molecule has 132 valence electrons. The molecule has 0 saturated heterocycles. The van der Waals surface area contributed by atoms with E-state index in [1.807, 2.05) is 23.2 Å². The molecule has 1 aliphatic rings. The smallest absolute Gasteiger partial charge is 0.226 e. The highest BCUT2D eigenvalue weighted by molar-refractivity contribution is 5.79. The zero-order valence-corrected chi connectivity index (χ0v) is 14.5. The van der Waals surface area contributed by atoms with Crippen LogP contribution in [0.15, 0.2) is 55.3 Å². The van der Waals surface area contributed by atoms with Gasteiger partial charge in [-0.1, -0.05) is 31.1 Å². The van der Waals surface area contributed by atoms with Crippen molar-refractivity contribution < 1.29 is 9.18 Å². The van der Waals surface area contributed by atoms with Crippen LogP contribution in [0.5, 0.6) is 0 Å². The van der Waals surface area contributed by atoms with Gasteiger partial charge in [-0.15, -0.1) is 6.58 Å². The maximum absolute atomic E-state index is 13.1. The summed E-state index contributed by atoms with van der Waals surface area (Å²) in [6, 6.07) is 10.6. The second-order valence-electron chi connectivity index (χ2n) is 6.74. The van der Waals surface area contributed by atoms with Crippen LogP contribution in [0, 0.1) is 11.7 Å². The third kappa shape index (κ3) is 4.38. The Kier molecular flexibility index (Phi) is 5.69. The quantitative estimate of drug-likeness (QED) is 0.687. The molecule has 0 N–H and O–H groups in total. The van der Waals surface area contributed by atoms with Gasteiger partial charge in [0.2, 0.25) is 5.91 Å². The van der Waals surface area contributed by atoms with E-state index in [1.165, 1.54) is 12.1 Å². The standard InChI is InChI=1S/C21H25FN2O/c1-2-13-24(21(25)18-6-3-4-7-18)16-20-8-5-14-23(20)15-17-9-11-19(22)12-10-17/h2,5,8-12,14,18H,1,3-4,6-7,13,15-16H2. The van der Waals surface area contributed by atoms with Crippen LogP contribution in [0.25, 0.3) is 0 Å². The van der Waals surface area contributed by atoms with Gasteiger partial charge in [-0.3, -0.25) is 4.79 Å². The van der Waals surface area contributed by atoms with Crippen molar-refractivity contribution in [3.05, 3.63) is 72.3 Å². The van der Waals surface area contributed by atoms with E-state index in [4.69, 9.17) is 0 Å². The highest BCUT2D eigenvalue weighted by Gasteiger charge is 2.27. The highest BCUT2D eigenvalue weighted by Crippen LogP contribution is 2.27. The fourth-order valence-corrected chi connectivity index (χ4v) is 3.55. The van der Waals surface area contributed by atoms with Crippen molar-refractivity contribution in [1.82, 2.24) is 9.47 Å². The molecule has 1 aromatic carbocycles. The maximum Gasteiger partial charge on any atom is 0.226 e. The van der Waals surface area contributed by atoms with E-state index in [2.05, 4.69) is 11.1 Å². The Labute approximate surface area is 148 Å². The largest absolute Gasteiger partial charge is 0.345 e. The summed E-state index contributed by atoms with van der Waals surface area (Å²) in [5.41, 5.74) is 2.12. The molecule has 4 heteroatoms. The molecular weight excluding hydrogens is 315 g/mol. The van der Waals surface area contributed by atoms with Gasteiger partial charge in [0.1, 0.15) is 5.82 Å². The molecule has 1 amide bonds. The van der Waals surface area contributed by atoms with Gasteiger partial charge in [-0.25, -0.2) is 4.39 Å². The molecule has 1 aliphatic carbocycles. The molecule has 0 unspecified atom stereocenters. The lowest BCUT2D eigenvalue weighted by molar-refractivity contribution is -0.135. The number of amides is 1. The second kappa shape index (κ2) is 8.15. The molecule has 0 radical (unpaired) electrons. The SMILES string of the molecule is C=CCN(Cc1cccn1Cc1ccc(F)cc1)C(=O)C1CCCC1. The topological polar surface area (TPSA) is 25.2 Å². The third-order valence-corrected chi connectivity index (χ3v) is 4.91. The summed E-state index contributed by atoms with van der Waals surface area (Å²) in [5.74, 6) is 0.184. The van der Waals surface area contributed by atoms with Crippen LogP contribution in [0.4, 0.5) is 4.39 Å². The Morgan fingerprint density at radius 2 is 1.96 bits per heavy atom. The van der Waals surface area contributed by atoms with Crippen LogP contribution in [0.3, 0.4) is 0 Å². The van der Waals surface area contributed by atoms with Crippen LogP contribution in [-0.4, -0.2) is 21.9 Å². The maximum atomic E-state index is 13.1. The van der Waals surface area contributed by atoms with Gasteiger partial charge in [-0.2, -0.15) is 0 Å². The molecular formula is C21H25FN2O. The Balaban J connectivity index is 1.72. The summed E-state index contributed by atoms with van der Waals surface area (Å²) in [5, 5.41) is 0. The summed E-state index contributed by atoms with van der Waals surface area (Å²) in [6.45, 7) is 5.62. The van der Waals surface area contributed by atoms with E-state index in [0.717, 1.165) is 36.9 Å². The van der Waals surface area contributed by atoms with Crippen LogP contribution in [-0.2, 0) is 17.9 Å². The van der Waals surface area contributed by atoms with Crippen LogP contribution >= 0.6 is 0 Å². The monoisotopic (exact) mass is 340 g/mol. The Hall–Kier alpha value is -2.36. The molecule has 1 heterocycles. The van der Waals surface area contributed by atoms with E-state index < -0.39 is 0 Å². The molecule has 25 heavy (non-hydrogen) atoms. The normalized spacial score (nSPS) is 14.6. The van der Waals surface area contributed by atoms with Crippen molar-refractivity contribution in [1.29, 1.82) is 0 Å². The fourth-order valence-electron chi connectivity index (χ4n) is 3.55. The Morgan fingerprint density at radius 1 is 1.24 bits per heavy atom. The summed E-state index contributed by atoms with van der Waals surface area (Å²) >= 11 is 0. The molecule has 0 spiro atoms. The lowest BCUT2D eigenvalue weighted by atomic mass is 10.1. The molecule has 3 rings (SSSR count). The number of hydrogen-bond acceptors (Lipinski definition) is 1. The predicted octanol–water partition coefficient (Wildman–Crippen LogP) is 4.38. The highest BCUT2D eigenvalue weighted by atomic mass is 19.1. The average molecular weight is 340 g/mol. The Bertz CT molecular complexity index is 714. The molecule has 0 atom stereocenters. The van der Waals surface area contributed by atoms with Gasteiger partial charge in [0.15, 0.2) is 0 Å². The number of hydrogen-bond donors (Lipinski definition) is 0. The lowest BCUT2D eigenvalue weighted by Crippen LogP contribution is -2.35. The van der Waals surface area contributed by atoms with Crippen molar-refractivity contribution in [2.45, 2.75) is 38.8 Å². The van der Waals surface area contributed by atoms with Gasteiger partial charge in [0, 0.05) is 30.9 Å².